The minimum Gasteiger partial charge on any atom is -0.493 e. The summed E-state index contributed by atoms with van der Waals surface area (Å²) < 4.78 is 10.4. The summed E-state index contributed by atoms with van der Waals surface area (Å²) in [6.45, 7) is 3.83. The summed E-state index contributed by atoms with van der Waals surface area (Å²) in [5, 5.41) is 4.13. The number of benzene rings is 1. The van der Waals surface area contributed by atoms with Crippen molar-refractivity contribution in [1.82, 2.24) is 9.97 Å². The predicted molar refractivity (Wildman–Crippen MR) is 82.3 cm³/mol. The van der Waals surface area contributed by atoms with Crippen LogP contribution in [0.1, 0.15) is 17.0 Å². The average molecular weight is 286 g/mol. The van der Waals surface area contributed by atoms with Gasteiger partial charge in [0.15, 0.2) is 11.5 Å². The highest BCUT2D eigenvalue weighted by molar-refractivity contribution is 5.81. The van der Waals surface area contributed by atoms with Gasteiger partial charge in [-0.05, 0) is 43.7 Å². The van der Waals surface area contributed by atoms with Crippen LogP contribution in [-0.4, -0.2) is 30.4 Å². The minimum absolute atomic E-state index is 0.476. The van der Waals surface area contributed by atoms with Crippen LogP contribution in [0, 0.1) is 13.8 Å². The second-order valence-electron chi connectivity index (χ2n) is 4.46. The second kappa shape index (κ2) is 6.69. The summed E-state index contributed by atoms with van der Waals surface area (Å²) in [4.78, 5) is 8.49. The Bertz CT molecular complexity index is 636. The first kappa shape index (κ1) is 14.8. The Morgan fingerprint density at radius 3 is 2.29 bits per heavy atom. The fourth-order valence-corrected chi connectivity index (χ4v) is 1.87. The molecule has 6 nitrogen and oxygen atoms in total. The Morgan fingerprint density at radius 1 is 1.00 bits per heavy atom. The lowest BCUT2D eigenvalue weighted by atomic mass is 10.2. The van der Waals surface area contributed by atoms with Crippen LogP contribution < -0.4 is 14.9 Å². The highest BCUT2D eigenvalue weighted by Gasteiger charge is 2.03. The third-order valence-electron chi connectivity index (χ3n) is 2.77. The molecule has 0 aliphatic heterocycles. The molecule has 110 valence electrons. The molecule has 0 saturated heterocycles. The standard InChI is InChI=1S/C15H18N4O2/c1-10-7-11(2)18-15(17-10)19-16-9-12-5-6-13(20-3)14(8-12)21-4/h5-9H,1-4H3,(H,17,18,19). The summed E-state index contributed by atoms with van der Waals surface area (Å²) >= 11 is 0. The number of nitrogens with one attached hydrogen (secondary N) is 1. The quantitative estimate of drug-likeness (QED) is 0.675. The zero-order valence-electron chi connectivity index (χ0n) is 12.5. The number of methoxy groups -OCH3 is 2. The average Bonchev–Trinajstić information content (AvgIpc) is 2.46. The van der Waals surface area contributed by atoms with Crippen molar-refractivity contribution in [2.24, 2.45) is 5.10 Å². The molecule has 0 aliphatic rings. The molecule has 0 saturated carbocycles. The van der Waals surface area contributed by atoms with Crippen LogP contribution in [-0.2, 0) is 0 Å². The Hall–Kier alpha value is -2.63. The molecule has 0 fully saturated rings. The van der Waals surface area contributed by atoms with Gasteiger partial charge < -0.3 is 9.47 Å². The fraction of sp³-hybridized carbons (Fsp3) is 0.267. The summed E-state index contributed by atoms with van der Waals surface area (Å²) in [5.74, 6) is 1.81. The van der Waals surface area contributed by atoms with E-state index in [9.17, 15) is 0 Å². The molecule has 2 rings (SSSR count). The molecule has 0 unspecified atom stereocenters. The fourth-order valence-electron chi connectivity index (χ4n) is 1.87. The van der Waals surface area contributed by atoms with Gasteiger partial charge in [-0.2, -0.15) is 5.10 Å². The van der Waals surface area contributed by atoms with Crippen LogP contribution in [0.15, 0.2) is 29.4 Å². The van der Waals surface area contributed by atoms with E-state index in [0.717, 1.165) is 17.0 Å². The van der Waals surface area contributed by atoms with E-state index in [1.54, 1.807) is 20.4 Å². The van der Waals surface area contributed by atoms with Crippen molar-refractivity contribution in [3.63, 3.8) is 0 Å². The molecule has 6 heteroatoms. The van der Waals surface area contributed by atoms with Crippen molar-refractivity contribution in [3.05, 3.63) is 41.2 Å². The van der Waals surface area contributed by atoms with Crippen molar-refractivity contribution >= 4 is 12.2 Å². The van der Waals surface area contributed by atoms with E-state index in [-0.39, 0.29) is 0 Å². The molecule has 2 aromatic rings. The third kappa shape index (κ3) is 3.92. The first-order valence-corrected chi connectivity index (χ1v) is 6.46. The summed E-state index contributed by atoms with van der Waals surface area (Å²) in [5.41, 5.74) is 5.48. The van der Waals surface area contributed by atoms with E-state index in [1.165, 1.54) is 0 Å². The van der Waals surface area contributed by atoms with Crippen LogP contribution in [0.2, 0.25) is 0 Å². The number of rotatable bonds is 5. The van der Waals surface area contributed by atoms with Crippen molar-refractivity contribution in [1.29, 1.82) is 0 Å². The van der Waals surface area contributed by atoms with Crippen LogP contribution in [0.25, 0.3) is 0 Å². The summed E-state index contributed by atoms with van der Waals surface area (Å²) in [6, 6.07) is 7.46. The van der Waals surface area contributed by atoms with Gasteiger partial charge in [-0.15, -0.1) is 0 Å². The molecule has 0 radical (unpaired) electrons. The lowest BCUT2D eigenvalue weighted by Crippen LogP contribution is -2.00. The smallest absolute Gasteiger partial charge is 0.243 e. The van der Waals surface area contributed by atoms with Crippen LogP contribution in [0.5, 0.6) is 11.5 Å². The highest BCUT2D eigenvalue weighted by Crippen LogP contribution is 2.26. The number of hydrazone groups is 1. The van der Waals surface area contributed by atoms with E-state index in [0.29, 0.717) is 17.4 Å². The lowest BCUT2D eigenvalue weighted by Gasteiger charge is -2.07. The van der Waals surface area contributed by atoms with E-state index in [1.807, 2.05) is 38.1 Å². The van der Waals surface area contributed by atoms with E-state index in [4.69, 9.17) is 9.47 Å². The maximum atomic E-state index is 5.24. The molecule has 1 aromatic heterocycles. The maximum absolute atomic E-state index is 5.24. The largest absolute Gasteiger partial charge is 0.493 e. The Kier molecular flexibility index (Phi) is 4.71. The van der Waals surface area contributed by atoms with Crippen LogP contribution in [0.3, 0.4) is 0 Å². The molecule has 0 atom stereocenters. The molecular formula is C15H18N4O2. The van der Waals surface area contributed by atoms with E-state index < -0.39 is 0 Å². The van der Waals surface area contributed by atoms with Crippen molar-refractivity contribution in [2.45, 2.75) is 13.8 Å². The van der Waals surface area contributed by atoms with Crippen molar-refractivity contribution in [3.8, 4) is 11.5 Å². The van der Waals surface area contributed by atoms with Crippen molar-refractivity contribution < 1.29 is 9.47 Å². The normalized spacial score (nSPS) is 10.7. The van der Waals surface area contributed by atoms with Crippen molar-refractivity contribution in [2.75, 3.05) is 19.6 Å². The molecule has 21 heavy (non-hydrogen) atoms. The zero-order chi connectivity index (χ0) is 15.2. The van der Waals surface area contributed by atoms with Gasteiger partial charge in [-0.3, -0.25) is 0 Å². The maximum Gasteiger partial charge on any atom is 0.243 e. The predicted octanol–water partition coefficient (Wildman–Crippen LogP) is 2.56. The molecule has 1 N–H and O–H groups in total. The summed E-state index contributed by atoms with van der Waals surface area (Å²) in [6.07, 6.45) is 1.67. The third-order valence-corrected chi connectivity index (χ3v) is 2.77. The Balaban J connectivity index is 2.10. The first-order chi connectivity index (χ1) is 10.1. The zero-order valence-corrected chi connectivity index (χ0v) is 12.5. The second-order valence-corrected chi connectivity index (χ2v) is 4.46. The van der Waals surface area contributed by atoms with Crippen LogP contribution in [0.4, 0.5) is 5.95 Å². The highest BCUT2D eigenvalue weighted by atomic mass is 16.5. The van der Waals surface area contributed by atoms with E-state index >= 15 is 0 Å². The monoisotopic (exact) mass is 286 g/mol. The van der Waals surface area contributed by atoms with Gasteiger partial charge in [-0.1, -0.05) is 0 Å². The number of hydrogen-bond acceptors (Lipinski definition) is 6. The molecule has 1 heterocycles. The van der Waals surface area contributed by atoms with E-state index in [2.05, 4.69) is 20.5 Å². The van der Waals surface area contributed by atoms with Gasteiger partial charge in [0.05, 0.1) is 20.4 Å². The van der Waals surface area contributed by atoms with Gasteiger partial charge in [-0.25, -0.2) is 15.4 Å². The molecule has 0 bridgehead atoms. The lowest BCUT2D eigenvalue weighted by molar-refractivity contribution is 0.355. The minimum atomic E-state index is 0.476. The number of nitrogens with zero attached hydrogens (tertiary/aromatic N) is 3. The number of aromatic nitrogens is 2. The van der Waals surface area contributed by atoms with Gasteiger partial charge in [0.1, 0.15) is 0 Å². The number of ether oxygens (including phenoxy) is 2. The molecule has 0 amide bonds. The molecular weight excluding hydrogens is 268 g/mol. The van der Waals surface area contributed by atoms with Gasteiger partial charge in [0.2, 0.25) is 5.95 Å². The Morgan fingerprint density at radius 2 is 1.67 bits per heavy atom. The summed E-state index contributed by atoms with van der Waals surface area (Å²) in [7, 11) is 3.20. The number of aryl methyl sites for hydroxylation is 2. The van der Waals surface area contributed by atoms with Gasteiger partial charge >= 0.3 is 0 Å². The molecule has 0 spiro atoms. The molecule has 1 aromatic carbocycles. The van der Waals surface area contributed by atoms with Gasteiger partial charge in [0, 0.05) is 11.4 Å². The SMILES string of the molecule is COc1ccc(C=NNc2nc(C)cc(C)n2)cc1OC. The molecule has 0 aliphatic carbocycles. The topological polar surface area (TPSA) is 68.6 Å². The Labute approximate surface area is 123 Å². The van der Waals surface area contributed by atoms with Gasteiger partial charge in [0.25, 0.3) is 0 Å². The first-order valence-electron chi connectivity index (χ1n) is 6.46. The number of hydrogen-bond donors (Lipinski definition) is 1. The van der Waals surface area contributed by atoms with Crippen LogP contribution >= 0.6 is 0 Å². The number of anilines is 1.